The summed E-state index contributed by atoms with van der Waals surface area (Å²) >= 11 is 6.13. The van der Waals surface area contributed by atoms with Crippen LogP contribution in [0.5, 0.6) is 5.75 Å². The number of carbonyl (C=O) groups is 2. The fraction of sp³-hybridized carbons (Fsp3) is 0.394. The molecule has 3 aromatic rings. The molecule has 4 rings (SSSR count). The lowest BCUT2D eigenvalue weighted by Crippen LogP contribution is -2.52. The number of nitrogens with zero attached hydrogens (tertiary/aromatic N) is 2. The number of nitrogens with one attached hydrogen (secondary N) is 1. The van der Waals surface area contributed by atoms with Crippen LogP contribution >= 0.6 is 11.6 Å². The van der Waals surface area contributed by atoms with Crippen LogP contribution in [-0.4, -0.2) is 57.1 Å². The molecule has 0 heterocycles. The lowest BCUT2D eigenvalue weighted by molar-refractivity contribution is -0.141. The summed E-state index contributed by atoms with van der Waals surface area (Å²) in [6.07, 6.45) is 5.81. The van der Waals surface area contributed by atoms with Crippen LogP contribution in [0.25, 0.3) is 0 Å². The van der Waals surface area contributed by atoms with Crippen LogP contribution in [0.2, 0.25) is 5.02 Å². The van der Waals surface area contributed by atoms with Crippen molar-refractivity contribution in [1.82, 2.24) is 10.2 Å². The molecule has 1 atom stereocenters. The SMILES string of the molecule is COc1cccc(CN(C(=O)CCCN(c2cccc(Cl)c2)S(C)(=O)=O)C(Cc2ccccc2)C(=O)NC2CCCC2)c1. The third-order valence-electron chi connectivity index (χ3n) is 7.71. The Morgan fingerprint density at radius 1 is 0.977 bits per heavy atom. The van der Waals surface area contributed by atoms with Gasteiger partial charge in [0.1, 0.15) is 11.8 Å². The maximum Gasteiger partial charge on any atom is 0.243 e. The Bertz CT molecular complexity index is 1480. The number of rotatable bonds is 14. The van der Waals surface area contributed by atoms with Gasteiger partial charge in [-0.3, -0.25) is 13.9 Å². The van der Waals surface area contributed by atoms with Gasteiger partial charge in [0.15, 0.2) is 0 Å². The molecule has 1 N–H and O–H groups in total. The first-order valence-electron chi connectivity index (χ1n) is 14.6. The Morgan fingerprint density at radius 2 is 1.67 bits per heavy atom. The zero-order valence-electron chi connectivity index (χ0n) is 24.7. The van der Waals surface area contributed by atoms with Gasteiger partial charge in [0.2, 0.25) is 21.8 Å². The first-order valence-corrected chi connectivity index (χ1v) is 16.9. The Balaban J connectivity index is 1.60. The number of amides is 2. The fourth-order valence-electron chi connectivity index (χ4n) is 5.52. The summed E-state index contributed by atoms with van der Waals surface area (Å²) in [6, 6.07) is 23.1. The molecule has 0 bridgehead atoms. The number of halogens is 1. The number of ether oxygens (including phenoxy) is 1. The molecule has 1 saturated carbocycles. The summed E-state index contributed by atoms with van der Waals surface area (Å²) in [5, 5.41) is 3.63. The van der Waals surface area contributed by atoms with Crippen molar-refractivity contribution in [2.45, 2.75) is 63.6 Å². The Labute approximate surface area is 260 Å². The van der Waals surface area contributed by atoms with E-state index in [1.54, 1.807) is 36.3 Å². The van der Waals surface area contributed by atoms with Crippen LogP contribution in [0.3, 0.4) is 0 Å². The summed E-state index contributed by atoms with van der Waals surface area (Å²) in [6.45, 7) is 0.297. The van der Waals surface area contributed by atoms with Gasteiger partial charge in [-0.25, -0.2) is 8.42 Å². The largest absolute Gasteiger partial charge is 0.497 e. The molecule has 0 radical (unpaired) electrons. The van der Waals surface area contributed by atoms with E-state index >= 15 is 0 Å². The van der Waals surface area contributed by atoms with Crippen LogP contribution in [0.15, 0.2) is 78.9 Å². The monoisotopic (exact) mass is 625 g/mol. The van der Waals surface area contributed by atoms with Crippen molar-refractivity contribution in [2.24, 2.45) is 0 Å². The molecule has 0 saturated heterocycles. The first-order chi connectivity index (χ1) is 20.6. The number of hydrogen-bond donors (Lipinski definition) is 1. The zero-order valence-corrected chi connectivity index (χ0v) is 26.3. The molecule has 0 spiro atoms. The van der Waals surface area contributed by atoms with Gasteiger partial charge in [-0.1, -0.05) is 73.0 Å². The maximum atomic E-state index is 14.0. The van der Waals surface area contributed by atoms with Gasteiger partial charge in [-0.15, -0.1) is 0 Å². The van der Waals surface area contributed by atoms with E-state index in [-0.39, 0.29) is 43.8 Å². The Hall–Kier alpha value is -3.56. The topological polar surface area (TPSA) is 96.0 Å². The number of methoxy groups -OCH3 is 1. The van der Waals surface area contributed by atoms with Crippen molar-refractivity contribution >= 4 is 39.1 Å². The number of anilines is 1. The number of hydrogen-bond acceptors (Lipinski definition) is 5. The highest BCUT2D eigenvalue weighted by molar-refractivity contribution is 7.92. The van der Waals surface area contributed by atoms with Crippen LogP contribution in [0.1, 0.15) is 49.7 Å². The lowest BCUT2D eigenvalue weighted by Gasteiger charge is -2.33. The second kappa shape index (κ2) is 15.3. The predicted molar refractivity (Wildman–Crippen MR) is 171 cm³/mol. The molecule has 8 nitrogen and oxygen atoms in total. The van der Waals surface area contributed by atoms with Gasteiger partial charge >= 0.3 is 0 Å². The van der Waals surface area contributed by atoms with Crippen molar-refractivity contribution in [3.63, 3.8) is 0 Å². The average Bonchev–Trinajstić information content (AvgIpc) is 3.50. The molecule has 43 heavy (non-hydrogen) atoms. The van der Waals surface area contributed by atoms with Crippen LogP contribution in [0, 0.1) is 0 Å². The first kappa shape index (κ1) is 32.4. The van der Waals surface area contributed by atoms with Crippen molar-refractivity contribution in [2.75, 3.05) is 24.2 Å². The van der Waals surface area contributed by atoms with Crippen LogP contribution < -0.4 is 14.4 Å². The minimum Gasteiger partial charge on any atom is -0.497 e. The van der Waals surface area contributed by atoms with E-state index in [9.17, 15) is 18.0 Å². The van der Waals surface area contributed by atoms with Gasteiger partial charge < -0.3 is 15.0 Å². The smallest absolute Gasteiger partial charge is 0.243 e. The minimum atomic E-state index is -3.62. The molecule has 1 fully saturated rings. The van der Waals surface area contributed by atoms with Crippen molar-refractivity contribution in [3.8, 4) is 5.75 Å². The molecule has 1 unspecified atom stereocenters. The summed E-state index contributed by atoms with van der Waals surface area (Å²) in [7, 11) is -2.04. The van der Waals surface area contributed by atoms with Crippen molar-refractivity contribution in [3.05, 3.63) is 95.0 Å². The van der Waals surface area contributed by atoms with E-state index in [1.165, 1.54) is 4.31 Å². The van der Waals surface area contributed by atoms with E-state index < -0.39 is 16.1 Å². The standard InChI is InChI=1S/C33H40ClN3O5S/c1-42-30-18-8-13-26(21-30)24-36(31(22-25-11-4-3-5-12-25)33(39)35-28-15-6-7-16-28)32(38)19-10-20-37(43(2,40)41)29-17-9-14-27(34)23-29/h3-5,8-9,11-14,17-18,21,23,28,31H,6-7,10,15-16,19-20,22,24H2,1-2H3,(H,35,39). The average molecular weight is 626 g/mol. The van der Waals surface area contributed by atoms with Gasteiger partial charge in [0, 0.05) is 37.0 Å². The van der Waals surface area contributed by atoms with E-state index in [4.69, 9.17) is 16.3 Å². The molecular formula is C33H40ClN3O5S. The maximum absolute atomic E-state index is 14.0. The van der Waals surface area contributed by atoms with Gasteiger partial charge in [-0.2, -0.15) is 0 Å². The van der Waals surface area contributed by atoms with E-state index in [0.717, 1.165) is 43.1 Å². The normalized spacial score (nSPS) is 14.2. The van der Waals surface area contributed by atoms with E-state index in [2.05, 4.69) is 5.32 Å². The van der Waals surface area contributed by atoms with Gasteiger partial charge in [-0.05, 0) is 60.7 Å². The summed E-state index contributed by atoms with van der Waals surface area (Å²) in [5.74, 6) is 0.249. The quantitative estimate of drug-likeness (QED) is 0.252. The molecular weight excluding hydrogens is 586 g/mol. The fourth-order valence-corrected chi connectivity index (χ4v) is 6.67. The molecule has 230 valence electrons. The number of sulfonamides is 1. The predicted octanol–water partition coefficient (Wildman–Crippen LogP) is 5.59. The Morgan fingerprint density at radius 3 is 2.35 bits per heavy atom. The molecule has 0 aromatic heterocycles. The Kier molecular flexibility index (Phi) is 11.5. The van der Waals surface area contributed by atoms with Crippen LogP contribution in [-0.2, 0) is 32.6 Å². The molecule has 1 aliphatic carbocycles. The van der Waals surface area contributed by atoms with Crippen LogP contribution in [0.4, 0.5) is 5.69 Å². The summed E-state index contributed by atoms with van der Waals surface area (Å²) in [4.78, 5) is 29.5. The lowest BCUT2D eigenvalue weighted by atomic mass is 10.0. The highest BCUT2D eigenvalue weighted by atomic mass is 35.5. The third kappa shape index (κ3) is 9.46. The minimum absolute atomic E-state index is 0.0541. The third-order valence-corrected chi connectivity index (χ3v) is 9.14. The summed E-state index contributed by atoms with van der Waals surface area (Å²) < 4.78 is 31.9. The molecule has 3 aromatic carbocycles. The highest BCUT2D eigenvalue weighted by Crippen LogP contribution is 2.24. The van der Waals surface area contributed by atoms with Gasteiger partial charge in [0.05, 0.1) is 19.1 Å². The molecule has 0 aliphatic heterocycles. The summed E-state index contributed by atoms with van der Waals surface area (Å²) in [5.41, 5.74) is 2.21. The van der Waals surface area contributed by atoms with E-state index in [0.29, 0.717) is 22.9 Å². The van der Waals surface area contributed by atoms with E-state index in [1.807, 2.05) is 54.6 Å². The highest BCUT2D eigenvalue weighted by Gasteiger charge is 2.32. The molecule has 2 amide bonds. The number of carbonyl (C=O) groups excluding carboxylic acids is 2. The van der Waals surface area contributed by atoms with Crippen molar-refractivity contribution < 1.29 is 22.7 Å². The van der Waals surface area contributed by atoms with Crippen molar-refractivity contribution in [1.29, 1.82) is 0 Å². The number of benzene rings is 3. The second-order valence-corrected chi connectivity index (χ2v) is 13.3. The second-order valence-electron chi connectivity index (χ2n) is 11.0. The van der Waals surface area contributed by atoms with Gasteiger partial charge in [0.25, 0.3) is 0 Å². The molecule has 1 aliphatic rings. The zero-order chi connectivity index (χ0) is 30.8. The molecule has 10 heteroatoms.